The van der Waals surface area contributed by atoms with Gasteiger partial charge in [-0.05, 0) is 30.7 Å². The fourth-order valence-corrected chi connectivity index (χ4v) is 2.32. The Bertz CT molecular complexity index is 798. The maximum Gasteiger partial charge on any atom is 0.332 e. The molecule has 9 heteroatoms. The summed E-state index contributed by atoms with van der Waals surface area (Å²) in [6, 6.07) is 8.65. The second kappa shape index (κ2) is 8.55. The molecule has 2 rings (SSSR count). The number of rotatable bonds is 7. The smallest absolute Gasteiger partial charge is 0.332 e. The van der Waals surface area contributed by atoms with E-state index in [1.165, 1.54) is 24.3 Å². The van der Waals surface area contributed by atoms with Crippen molar-refractivity contribution in [3.63, 3.8) is 0 Å². The predicted molar refractivity (Wildman–Crippen MR) is 94.3 cm³/mol. The van der Waals surface area contributed by atoms with Crippen molar-refractivity contribution < 1.29 is 19.3 Å². The van der Waals surface area contributed by atoms with Crippen LogP contribution in [0.3, 0.4) is 0 Å². The molecule has 0 bridgehead atoms. The van der Waals surface area contributed by atoms with E-state index < -0.39 is 10.9 Å². The van der Waals surface area contributed by atoms with Crippen molar-refractivity contribution in [2.24, 2.45) is 0 Å². The van der Waals surface area contributed by atoms with Crippen LogP contribution in [-0.4, -0.2) is 10.9 Å². The summed E-state index contributed by atoms with van der Waals surface area (Å²) in [4.78, 5) is 26.7. The van der Waals surface area contributed by atoms with E-state index in [0.29, 0.717) is 17.2 Å². The Morgan fingerprint density at radius 1 is 1.24 bits per heavy atom. The highest BCUT2D eigenvalue weighted by atomic mass is 35.5. The van der Waals surface area contributed by atoms with Crippen molar-refractivity contribution in [3.8, 4) is 11.5 Å². The average Bonchev–Trinajstić information content (AvgIpc) is 2.56. The average molecular weight is 385 g/mol. The van der Waals surface area contributed by atoms with Crippen LogP contribution in [0, 0.1) is 10.1 Å². The molecule has 0 atom stereocenters. The van der Waals surface area contributed by atoms with Crippen molar-refractivity contribution in [2.45, 2.75) is 19.8 Å². The predicted octanol–water partition coefficient (Wildman–Crippen LogP) is 5.36. The third-order valence-electron chi connectivity index (χ3n) is 3.02. The summed E-state index contributed by atoms with van der Waals surface area (Å²) in [7, 11) is 0. The minimum absolute atomic E-state index is 0.0166. The molecule has 0 heterocycles. The summed E-state index contributed by atoms with van der Waals surface area (Å²) in [6.45, 7) is 1.81. The number of nitrogens with one attached hydrogen (secondary N) is 1. The molecule has 7 nitrogen and oxygen atoms in total. The molecule has 0 radical (unpaired) electrons. The standard InChI is InChI=1S/C16H14Cl2N2O5/c1-2-3-16(21)25-19-13-9-11(5-6-14(13)20(22)23)24-15-7-4-10(17)8-12(15)18/h4-9,19H,2-3H2,1H3. The molecule has 2 aromatic carbocycles. The maximum absolute atomic E-state index is 11.4. The third-order valence-corrected chi connectivity index (χ3v) is 3.55. The van der Waals surface area contributed by atoms with Crippen molar-refractivity contribution in [1.29, 1.82) is 0 Å². The van der Waals surface area contributed by atoms with E-state index >= 15 is 0 Å². The first-order valence-corrected chi connectivity index (χ1v) is 8.03. The molecule has 25 heavy (non-hydrogen) atoms. The number of nitro groups is 1. The number of nitro benzene ring substituents is 1. The molecule has 132 valence electrons. The second-order valence-electron chi connectivity index (χ2n) is 4.94. The van der Waals surface area contributed by atoms with Gasteiger partial charge in [-0.1, -0.05) is 30.1 Å². The van der Waals surface area contributed by atoms with Gasteiger partial charge in [0.1, 0.15) is 11.5 Å². The molecule has 2 aromatic rings. The van der Waals surface area contributed by atoms with Gasteiger partial charge in [0.2, 0.25) is 0 Å². The third kappa shape index (κ3) is 5.23. The molecule has 1 N–H and O–H groups in total. The molecule has 0 unspecified atom stereocenters. The molecule has 0 aliphatic rings. The molecular weight excluding hydrogens is 371 g/mol. The zero-order valence-electron chi connectivity index (χ0n) is 13.1. The maximum atomic E-state index is 11.4. The van der Waals surface area contributed by atoms with Gasteiger partial charge in [-0.25, -0.2) is 10.3 Å². The van der Waals surface area contributed by atoms with Gasteiger partial charge in [-0.3, -0.25) is 10.1 Å². The number of halogens is 2. The van der Waals surface area contributed by atoms with Gasteiger partial charge in [-0.15, -0.1) is 0 Å². The highest BCUT2D eigenvalue weighted by Crippen LogP contribution is 2.35. The van der Waals surface area contributed by atoms with Crippen LogP contribution >= 0.6 is 23.2 Å². The van der Waals surface area contributed by atoms with E-state index in [0.717, 1.165) is 0 Å². The highest BCUT2D eigenvalue weighted by molar-refractivity contribution is 6.35. The SMILES string of the molecule is CCCC(=O)ONc1cc(Oc2ccc(Cl)cc2Cl)ccc1[N+](=O)[O-]. The number of nitrogens with zero attached hydrogens (tertiary/aromatic N) is 1. The van der Waals surface area contributed by atoms with Gasteiger partial charge >= 0.3 is 5.97 Å². The van der Waals surface area contributed by atoms with E-state index in [1.807, 2.05) is 6.92 Å². The molecule has 0 aromatic heterocycles. The van der Waals surface area contributed by atoms with Crippen molar-refractivity contribution in [2.75, 3.05) is 5.48 Å². The molecule has 0 saturated carbocycles. The van der Waals surface area contributed by atoms with Gasteiger partial charge in [0.15, 0.2) is 5.69 Å². The Balaban J connectivity index is 2.23. The Morgan fingerprint density at radius 2 is 2.00 bits per heavy atom. The van der Waals surface area contributed by atoms with Crippen LogP contribution < -0.4 is 10.2 Å². The quantitative estimate of drug-likeness (QED) is 0.509. The first kappa shape index (κ1) is 18.8. The lowest BCUT2D eigenvalue weighted by Crippen LogP contribution is -2.11. The van der Waals surface area contributed by atoms with E-state index in [-0.39, 0.29) is 28.6 Å². The monoisotopic (exact) mass is 384 g/mol. The fraction of sp³-hybridized carbons (Fsp3) is 0.188. The normalized spacial score (nSPS) is 10.2. The van der Waals surface area contributed by atoms with E-state index in [4.69, 9.17) is 32.8 Å². The fourth-order valence-electron chi connectivity index (χ4n) is 1.87. The van der Waals surface area contributed by atoms with Crippen LogP contribution in [0.4, 0.5) is 11.4 Å². The Hall–Kier alpha value is -2.51. The van der Waals surface area contributed by atoms with Gasteiger partial charge in [-0.2, -0.15) is 0 Å². The number of ether oxygens (including phenoxy) is 1. The van der Waals surface area contributed by atoms with Crippen molar-refractivity contribution in [3.05, 3.63) is 56.6 Å². The Morgan fingerprint density at radius 3 is 2.64 bits per heavy atom. The van der Waals surface area contributed by atoms with Crippen LogP contribution in [0.15, 0.2) is 36.4 Å². The Labute approximate surface area is 153 Å². The number of carbonyl (C=O) groups is 1. The molecule has 0 amide bonds. The van der Waals surface area contributed by atoms with Crippen LogP contribution in [0.25, 0.3) is 0 Å². The largest absolute Gasteiger partial charge is 0.456 e. The molecule has 0 saturated heterocycles. The number of hydrogen-bond acceptors (Lipinski definition) is 6. The molecule has 0 aliphatic heterocycles. The number of benzene rings is 2. The van der Waals surface area contributed by atoms with Crippen LogP contribution in [0.2, 0.25) is 10.0 Å². The molecular formula is C16H14Cl2N2O5. The van der Waals surface area contributed by atoms with Gasteiger partial charge in [0, 0.05) is 23.6 Å². The number of carbonyl (C=O) groups excluding carboxylic acids is 1. The summed E-state index contributed by atoms with van der Waals surface area (Å²) in [5, 5.41) is 11.8. The zero-order chi connectivity index (χ0) is 18.4. The molecule has 0 aliphatic carbocycles. The number of hydrogen-bond donors (Lipinski definition) is 1. The van der Waals surface area contributed by atoms with Crippen LogP contribution in [0.5, 0.6) is 11.5 Å². The van der Waals surface area contributed by atoms with Crippen LogP contribution in [-0.2, 0) is 9.63 Å². The molecule has 0 fully saturated rings. The minimum Gasteiger partial charge on any atom is -0.456 e. The van der Waals surface area contributed by atoms with Crippen molar-refractivity contribution >= 4 is 40.5 Å². The van der Waals surface area contributed by atoms with Crippen molar-refractivity contribution in [1.82, 2.24) is 0 Å². The second-order valence-corrected chi connectivity index (χ2v) is 5.78. The zero-order valence-corrected chi connectivity index (χ0v) is 14.6. The lowest BCUT2D eigenvalue weighted by atomic mass is 10.2. The minimum atomic E-state index is -0.602. The summed E-state index contributed by atoms with van der Waals surface area (Å²) in [6.07, 6.45) is 0.790. The summed E-state index contributed by atoms with van der Waals surface area (Å²) < 4.78 is 5.60. The first-order chi connectivity index (χ1) is 11.9. The van der Waals surface area contributed by atoms with E-state index in [9.17, 15) is 14.9 Å². The summed E-state index contributed by atoms with van der Waals surface area (Å²) >= 11 is 11.9. The van der Waals surface area contributed by atoms with Gasteiger partial charge in [0.25, 0.3) is 5.69 Å². The lowest BCUT2D eigenvalue weighted by Gasteiger charge is -2.11. The van der Waals surface area contributed by atoms with E-state index in [1.54, 1.807) is 12.1 Å². The highest BCUT2D eigenvalue weighted by Gasteiger charge is 2.17. The number of anilines is 1. The summed E-state index contributed by atoms with van der Waals surface area (Å²) in [5.74, 6) is 0.0709. The first-order valence-electron chi connectivity index (χ1n) is 7.27. The topological polar surface area (TPSA) is 90.7 Å². The Kier molecular flexibility index (Phi) is 6.44. The summed E-state index contributed by atoms with van der Waals surface area (Å²) in [5.41, 5.74) is 2.02. The van der Waals surface area contributed by atoms with Gasteiger partial charge in [0.05, 0.1) is 9.95 Å². The molecule has 0 spiro atoms. The van der Waals surface area contributed by atoms with Gasteiger partial charge < -0.3 is 9.57 Å². The van der Waals surface area contributed by atoms with Crippen LogP contribution in [0.1, 0.15) is 19.8 Å². The lowest BCUT2D eigenvalue weighted by molar-refractivity contribution is -0.384. The van der Waals surface area contributed by atoms with E-state index in [2.05, 4.69) is 5.48 Å².